The van der Waals surface area contributed by atoms with Gasteiger partial charge in [-0.1, -0.05) is 6.08 Å². The molecule has 4 rings (SSSR count). The summed E-state index contributed by atoms with van der Waals surface area (Å²) in [4.78, 5) is 17.5. The van der Waals surface area contributed by atoms with E-state index >= 15 is 0 Å². The number of aliphatic hydroxyl groups is 1. The molecule has 1 saturated carbocycles. The number of hydrogen-bond acceptors (Lipinski definition) is 6. The van der Waals surface area contributed by atoms with Crippen LogP contribution in [0.5, 0.6) is 5.88 Å². The molecule has 2 aliphatic heterocycles. The minimum Gasteiger partial charge on any atom is -0.477 e. The number of ether oxygens (including phenoxy) is 1. The molecule has 3 N–H and O–H groups in total. The van der Waals surface area contributed by atoms with Crippen molar-refractivity contribution in [2.24, 2.45) is 5.92 Å². The number of pyridine rings is 1. The van der Waals surface area contributed by atoms with Gasteiger partial charge in [0.15, 0.2) is 0 Å². The van der Waals surface area contributed by atoms with Crippen molar-refractivity contribution >= 4 is 17.7 Å². The quantitative estimate of drug-likeness (QED) is 0.579. The van der Waals surface area contributed by atoms with E-state index in [1.807, 2.05) is 24.8 Å². The third kappa shape index (κ3) is 4.36. The van der Waals surface area contributed by atoms with Crippen molar-refractivity contribution in [3.63, 3.8) is 0 Å². The van der Waals surface area contributed by atoms with E-state index in [9.17, 15) is 4.79 Å². The molecule has 1 amide bonds. The maximum atomic E-state index is 13.1. The predicted molar refractivity (Wildman–Crippen MR) is 110 cm³/mol. The number of nitrogens with one attached hydrogen (secondary N) is 2. The summed E-state index contributed by atoms with van der Waals surface area (Å²) in [5.74, 6) is 2.23. The normalized spacial score (nSPS) is 25.0. The molecule has 1 aromatic heterocycles. The Morgan fingerprint density at radius 1 is 1.46 bits per heavy atom. The zero-order chi connectivity index (χ0) is 19.5. The molecule has 1 aromatic rings. The Bertz CT molecular complexity index is 750. The first-order valence-electron chi connectivity index (χ1n) is 10.2. The van der Waals surface area contributed by atoms with E-state index in [1.54, 1.807) is 6.20 Å². The van der Waals surface area contributed by atoms with Gasteiger partial charge >= 0.3 is 0 Å². The fourth-order valence-electron chi connectivity index (χ4n) is 4.04. The Balaban J connectivity index is 1.50. The number of carbonyl (C=O) groups is 1. The molecule has 1 aliphatic carbocycles. The van der Waals surface area contributed by atoms with Crippen molar-refractivity contribution < 1.29 is 14.6 Å². The van der Waals surface area contributed by atoms with Crippen LogP contribution in [0.15, 0.2) is 23.9 Å². The molecule has 0 spiro atoms. The molecule has 28 heavy (non-hydrogen) atoms. The molecule has 0 aromatic carbocycles. The van der Waals surface area contributed by atoms with Crippen LogP contribution in [0.2, 0.25) is 0 Å². The largest absolute Gasteiger partial charge is 0.477 e. The van der Waals surface area contributed by atoms with E-state index in [2.05, 4.69) is 21.7 Å². The molecule has 3 aliphatic rings. The monoisotopic (exact) mass is 403 g/mol. The number of nitrogens with zero attached hydrogens (tertiary/aromatic N) is 1. The smallest absolute Gasteiger partial charge is 0.248 e. The molecule has 0 radical (unpaired) electrons. The van der Waals surface area contributed by atoms with Gasteiger partial charge in [-0.2, -0.15) is 0 Å². The third-order valence-electron chi connectivity index (χ3n) is 5.76. The van der Waals surface area contributed by atoms with Crippen molar-refractivity contribution in [1.29, 1.82) is 0 Å². The summed E-state index contributed by atoms with van der Waals surface area (Å²) in [5.41, 5.74) is 2.96. The van der Waals surface area contributed by atoms with Crippen LogP contribution in [0, 0.1) is 12.8 Å². The predicted octanol–water partition coefficient (Wildman–Crippen LogP) is 2.47. The molecule has 2 bridgehead atoms. The Morgan fingerprint density at radius 3 is 3.11 bits per heavy atom. The molecule has 7 heteroatoms. The fraction of sp³-hybridized carbons (Fsp3) is 0.619. The summed E-state index contributed by atoms with van der Waals surface area (Å²) >= 11 is 1.95. The number of amides is 1. The summed E-state index contributed by atoms with van der Waals surface area (Å²) in [5, 5.41) is 16.3. The second kappa shape index (κ2) is 8.84. The fourth-order valence-corrected chi connectivity index (χ4v) is 5.19. The molecule has 6 nitrogen and oxygen atoms in total. The van der Waals surface area contributed by atoms with Gasteiger partial charge in [0, 0.05) is 36.4 Å². The van der Waals surface area contributed by atoms with Crippen LogP contribution >= 0.6 is 11.8 Å². The summed E-state index contributed by atoms with van der Waals surface area (Å²) in [6.07, 6.45) is 8.64. The first-order valence-corrected chi connectivity index (χ1v) is 11.3. The highest BCUT2D eigenvalue weighted by molar-refractivity contribution is 7.99. The van der Waals surface area contributed by atoms with Crippen LogP contribution in [-0.4, -0.2) is 46.4 Å². The van der Waals surface area contributed by atoms with E-state index < -0.39 is 0 Å². The van der Waals surface area contributed by atoms with Crippen molar-refractivity contribution in [2.45, 2.75) is 56.5 Å². The van der Waals surface area contributed by atoms with Crippen molar-refractivity contribution in [2.75, 3.05) is 19.0 Å². The molecule has 1 saturated heterocycles. The Labute approximate surface area is 170 Å². The molecular weight excluding hydrogens is 374 g/mol. The SMILES string of the molecule is Cc1c(C(NC(=O)C2=CCC3NC2CCS3)C2CC2)ccnc1OCCCO. The van der Waals surface area contributed by atoms with E-state index in [0.29, 0.717) is 30.2 Å². The number of carbonyl (C=O) groups excluding carboxylic acids is 1. The molecule has 3 atom stereocenters. The van der Waals surface area contributed by atoms with Crippen LogP contribution in [0.1, 0.15) is 49.3 Å². The van der Waals surface area contributed by atoms with Crippen molar-refractivity contribution in [1.82, 2.24) is 15.6 Å². The van der Waals surface area contributed by atoms with E-state index in [4.69, 9.17) is 9.84 Å². The minimum atomic E-state index is -0.00715. The highest BCUT2D eigenvalue weighted by atomic mass is 32.2. The van der Waals surface area contributed by atoms with Crippen molar-refractivity contribution in [3.05, 3.63) is 35.0 Å². The number of fused-ring (bicyclic) bond motifs is 2. The summed E-state index contributed by atoms with van der Waals surface area (Å²) in [7, 11) is 0. The Hall–Kier alpha value is -1.57. The van der Waals surface area contributed by atoms with Gasteiger partial charge in [0.1, 0.15) is 0 Å². The number of hydrogen-bond donors (Lipinski definition) is 3. The van der Waals surface area contributed by atoms with Gasteiger partial charge in [0.25, 0.3) is 0 Å². The van der Waals surface area contributed by atoms with Crippen LogP contribution in [0.4, 0.5) is 0 Å². The lowest BCUT2D eigenvalue weighted by Crippen LogP contribution is -2.48. The number of rotatable bonds is 8. The highest BCUT2D eigenvalue weighted by Gasteiger charge is 2.37. The van der Waals surface area contributed by atoms with Gasteiger partial charge in [-0.05, 0) is 55.9 Å². The van der Waals surface area contributed by atoms with Gasteiger partial charge in [-0.15, -0.1) is 11.8 Å². The Morgan fingerprint density at radius 2 is 2.32 bits per heavy atom. The number of aliphatic hydroxyl groups excluding tert-OH is 1. The molecular formula is C21H29N3O3S. The van der Waals surface area contributed by atoms with Crippen LogP contribution in [0.25, 0.3) is 0 Å². The zero-order valence-electron chi connectivity index (χ0n) is 16.3. The van der Waals surface area contributed by atoms with E-state index in [1.165, 1.54) is 0 Å². The van der Waals surface area contributed by atoms with Crippen LogP contribution in [-0.2, 0) is 4.79 Å². The third-order valence-corrected chi connectivity index (χ3v) is 6.96. The molecule has 2 fully saturated rings. The molecule has 3 heterocycles. The van der Waals surface area contributed by atoms with Gasteiger partial charge in [-0.3, -0.25) is 10.1 Å². The van der Waals surface area contributed by atoms with E-state index in [0.717, 1.165) is 48.1 Å². The average molecular weight is 404 g/mol. The summed E-state index contributed by atoms with van der Waals surface area (Å²) in [6, 6.07) is 2.17. The maximum absolute atomic E-state index is 13.1. The van der Waals surface area contributed by atoms with Crippen LogP contribution in [0.3, 0.4) is 0 Å². The Kier molecular flexibility index (Phi) is 6.23. The van der Waals surface area contributed by atoms with Gasteiger partial charge in [0.05, 0.1) is 18.0 Å². The van der Waals surface area contributed by atoms with Gasteiger partial charge in [0.2, 0.25) is 11.8 Å². The minimum absolute atomic E-state index is 0.00715. The van der Waals surface area contributed by atoms with Gasteiger partial charge < -0.3 is 15.2 Å². The van der Waals surface area contributed by atoms with Crippen LogP contribution < -0.4 is 15.4 Å². The first kappa shape index (κ1) is 19.7. The lowest BCUT2D eigenvalue weighted by Gasteiger charge is -2.35. The van der Waals surface area contributed by atoms with Crippen molar-refractivity contribution in [3.8, 4) is 5.88 Å². The second-order valence-corrected chi connectivity index (χ2v) is 9.12. The summed E-state index contributed by atoms with van der Waals surface area (Å²) in [6.45, 7) is 2.54. The topological polar surface area (TPSA) is 83.5 Å². The summed E-state index contributed by atoms with van der Waals surface area (Å²) < 4.78 is 5.74. The molecule has 3 unspecified atom stereocenters. The standard InChI is InChI=1S/C21H29N3O3S/c1-13-15(7-9-22-21(13)27-11-2-10-25)19(14-3-4-14)24-20(26)16-5-6-18-23-17(16)8-12-28-18/h5,7,9,14,17-19,23,25H,2-4,6,8,10-12H2,1H3,(H,24,26). The zero-order valence-corrected chi connectivity index (χ0v) is 17.1. The van der Waals surface area contributed by atoms with Gasteiger partial charge in [-0.25, -0.2) is 4.98 Å². The number of thioether (sulfide) groups is 1. The second-order valence-electron chi connectivity index (χ2n) is 7.81. The highest BCUT2D eigenvalue weighted by Crippen LogP contribution is 2.43. The average Bonchev–Trinajstić information content (AvgIpc) is 3.53. The lowest BCUT2D eigenvalue weighted by atomic mass is 9.95. The lowest BCUT2D eigenvalue weighted by molar-refractivity contribution is -0.118. The maximum Gasteiger partial charge on any atom is 0.248 e. The first-order chi connectivity index (χ1) is 13.7. The molecule has 152 valence electrons. The van der Waals surface area contributed by atoms with E-state index in [-0.39, 0.29) is 24.6 Å². The number of aromatic nitrogens is 1.